The maximum atomic E-state index is 12.4. The van der Waals surface area contributed by atoms with Gasteiger partial charge in [0.2, 0.25) is 11.8 Å². The molecule has 9 nitrogen and oxygen atoms in total. The minimum absolute atomic E-state index is 0.0530. The average molecular weight is 358 g/mol. The Balaban J connectivity index is 1.97. The van der Waals surface area contributed by atoms with Gasteiger partial charge < -0.3 is 16.2 Å². The van der Waals surface area contributed by atoms with Crippen molar-refractivity contribution in [3.63, 3.8) is 0 Å². The predicted molar refractivity (Wildman–Crippen MR) is 73.3 cm³/mol. The molecule has 1 spiro atoms. The van der Waals surface area contributed by atoms with E-state index in [0.717, 1.165) is 4.90 Å². The Morgan fingerprint density at radius 2 is 2.24 bits per heavy atom. The molecule has 1 aromatic rings. The number of hydrogen-bond acceptors (Lipinski definition) is 4. The summed E-state index contributed by atoms with van der Waals surface area (Å²) >= 11 is 3.22. The van der Waals surface area contributed by atoms with Crippen LogP contribution in [-0.2, 0) is 16.1 Å². The van der Waals surface area contributed by atoms with Crippen molar-refractivity contribution in [1.29, 1.82) is 0 Å². The summed E-state index contributed by atoms with van der Waals surface area (Å²) < 4.78 is 2.14. The number of likely N-dealkylation sites (tertiary alicyclic amines) is 1. The van der Waals surface area contributed by atoms with Gasteiger partial charge in [-0.25, -0.2) is 9.48 Å². The zero-order chi connectivity index (χ0) is 15.4. The molecule has 10 heteroatoms. The van der Waals surface area contributed by atoms with Crippen LogP contribution in [0.15, 0.2) is 10.7 Å². The SMILES string of the molecule is NC(=O)[C@@H]1CC2(CN1C(=O)O)Cn1nc(Br)cc1NC2=O. The second-order valence-corrected chi connectivity index (χ2v) is 6.09. The van der Waals surface area contributed by atoms with Gasteiger partial charge in [-0.3, -0.25) is 14.5 Å². The maximum absolute atomic E-state index is 12.4. The van der Waals surface area contributed by atoms with Gasteiger partial charge in [-0.15, -0.1) is 0 Å². The quantitative estimate of drug-likeness (QED) is 0.641. The van der Waals surface area contributed by atoms with Crippen molar-refractivity contribution in [2.45, 2.75) is 19.0 Å². The lowest BCUT2D eigenvalue weighted by Crippen LogP contribution is -2.47. The number of hydrogen-bond donors (Lipinski definition) is 3. The number of amides is 3. The summed E-state index contributed by atoms with van der Waals surface area (Å²) in [4.78, 5) is 36.0. The third kappa shape index (κ3) is 2.06. The van der Waals surface area contributed by atoms with E-state index < -0.39 is 23.5 Å². The molecule has 3 heterocycles. The molecular formula is C11H12BrN5O4. The van der Waals surface area contributed by atoms with Crippen LogP contribution in [0.2, 0.25) is 0 Å². The Bertz CT molecular complexity index is 635. The van der Waals surface area contributed by atoms with E-state index in [0.29, 0.717) is 10.4 Å². The Kier molecular flexibility index (Phi) is 2.94. The van der Waals surface area contributed by atoms with E-state index in [2.05, 4.69) is 26.3 Å². The number of fused-ring (bicyclic) bond motifs is 1. The van der Waals surface area contributed by atoms with Gasteiger partial charge in [-0.05, 0) is 22.4 Å². The van der Waals surface area contributed by atoms with Gasteiger partial charge in [0, 0.05) is 12.6 Å². The highest BCUT2D eigenvalue weighted by atomic mass is 79.9. The first-order valence-corrected chi connectivity index (χ1v) is 6.95. The predicted octanol–water partition coefficient (Wildman–Crippen LogP) is -0.178. The zero-order valence-electron chi connectivity index (χ0n) is 10.7. The topological polar surface area (TPSA) is 131 Å². The van der Waals surface area contributed by atoms with E-state index in [-0.39, 0.29) is 25.4 Å². The number of nitrogens with one attached hydrogen (secondary N) is 1. The highest BCUT2D eigenvalue weighted by molar-refractivity contribution is 9.10. The monoisotopic (exact) mass is 357 g/mol. The number of carbonyl (C=O) groups excluding carboxylic acids is 2. The molecule has 0 bridgehead atoms. The lowest BCUT2D eigenvalue weighted by Gasteiger charge is -2.32. The molecule has 4 N–H and O–H groups in total. The number of carbonyl (C=O) groups is 3. The van der Waals surface area contributed by atoms with Crippen LogP contribution in [0.25, 0.3) is 0 Å². The molecule has 0 aliphatic carbocycles. The first-order valence-electron chi connectivity index (χ1n) is 6.16. The Morgan fingerprint density at radius 1 is 1.52 bits per heavy atom. The zero-order valence-corrected chi connectivity index (χ0v) is 12.3. The lowest BCUT2D eigenvalue weighted by atomic mass is 9.83. The van der Waals surface area contributed by atoms with Crippen LogP contribution in [-0.4, -0.2) is 50.3 Å². The van der Waals surface area contributed by atoms with Crippen LogP contribution in [0.3, 0.4) is 0 Å². The maximum Gasteiger partial charge on any atom is 0.408 e. The van der Waals surface area contributed by atoms with E-state index in [1.807, 2.05) is 0 Å². The van der Waals surface area contributed by atoms with Gasteiger partial charge in [-0.1, -0.05) is 0 Å². The van der Waals surface area contributed by atoms with Gasteiger partial charge in [-0.2, -0.15) is 5.10 Å². The van der Waals surface area contributed by atoms with Gasteiger partial charge >= 0.3 is 6.09 Å². The van der Waals surface area contributed by atoms with Crippen LogP contribution in [0.4, 0.5) is 10.6 Å². The molecule has 3 amide bonds. The van der Waals surface area contributed by atoms with Crippen LogP contribution >= 0.6 is 15.9 Å². The van der Waals surface area contributed by atoms with Crippen LogP contribution in [0.1, 0.15) is 6.42 Å². The highest BCUT2D eigenvalue weighted by Gasteiger charge is 2.55. The van der Waals surface area contributed by atoms with Crippen molar-refractivity contribution >= 4 is 39.7 Å². The number of rotatable bonds is 1. The Morgan fingerprint density at radius 3 is 2.81 bits per heavy atom. The molecule has 2 aliphatic rings. The van der Waals surface area contributed by atoms with E-state index in [9.17, 15) is 19.5 Å². The van der Waals surface area contributed by atoms with Crippen molar-refractivity contribution < 1.29 is 19.5 Å². The van der Waals surface area contributed by atoms with E-state index in [1.54, 1.807) is 10.7 Å². The minimum atomic E-state index is -1.27. The molecule has 3 rings (SSSR count). The van der Waals surface area contributed by atoms with E-state index in [4.69, 9.17) is 5.73 Å². The van der Waals surface area contributed by atoms with Gasteiger partial charge in [0.25, 0.3) is 0 Å². The van der Waals surface area contributed by atoms with Crippen molar-refractivity contribution in [2.75, 3.05) is 11.9 Å². The first kappa shape index (κ1) is 13.9. The van der Waals surface area contributed by atoms with E-state index >= 15 is 0 Å². The summed E-state index contributed by atoms with van der Waals surface area (Å²) in [7, 11) is 0. The molecule has 0 radical (unpaired) electrons. The normalized spacial score (nSPS) is 27.6. The van der Waals surface area contributed by atoms with Crippen LogP contribution in [0, 0.1) is 5.41 Å². The number of aromatic nitrogens is 2. The molecule has 0 saturated carbocycles. The number of halogens is 1. The lowest BCUT2D eigenvalue weighted by molar-refractivity contribution is -0.126. The average Bonchev–Trinajstić information content (AvgIpc) is 2.92. The largest absolute Gasteiger partial charge is 0.465 e. The van der Waals surface area contributed by atoms with Crippen LogP contribution in [0.5, 0.6) is 0 Å². The third-order valence-electron chi connectivity index (χ3n) is 3.93. The molecule has 1 saturated heterocycles. The summed E-state index contributed by atoms with van der Waals surface area (Å²) in [5.41, 5.74) is 4.22. The number of anilines is 1. The third-order valence-corrected chi connectivity index (χ3v) is 4.32. The summed E-state index contributed by atoms with van der Waals surface area (Å²) in [6.45, 7) is 0.117. The number of carboxylic acid groups (broad SMARTS) is 1. The van der Waals surface area contributed by atoms with Crippen molar-refractivity contribution in [2.24, 2.45) is 11.1 Å². The molecule has 1 fully saturated rings. The van der Waals surface area contributed by atoms with Gasteiger partial charge in [0.1, 0.15) is 16.5 Å². The number of nitrogens with two attached hydrogens (primary N) is 1. The van der Waals surface area contributed by atoms with Crippen molar-refractivity contribution in [3.8, 4) is 0 Å². The van der Waals surface area contributed by atoms with Crippen molar-refractivity contribution in [1.82, 2.24) is 14.7 Å². The molecule has 2 aliphatic heterocycles. The first-order chi connectivity index (χ1) is 9.82. The summed E-state index contributed by atoms with van der Waals surface area (Å²) in [6.07, 6.45) is -1.21. The smallest absolute Gasteiger partial charge is 0.408 e. The van der Waals surface area contributed by atoms with Gasteiger partial charge in [0.05, 0.1) is 12.0 Å². The molecule has 2 atom stereocenters. The van der Waals surface area contributed by atoms with Gasteiger partial charge in [0.15, 0.2) is 0 Å². The fourth-order valence-electron chi connectivity index (χ4n) is 2.93. The molecule has 1 unspecified atom stereocenters. The second-order valence-electron chi connectivity index (χ2n) is 5.28. The Hall–Kier alpha value is -2.10. The fourth-order valence-corrected chi connectivity index (χ4v) is 3.34. The summed E-state index contributed by atoms with van der Waals surface area (Å²) in [5.74, 6) is -0.547. The Labute approximate surface area is 127 Å². The van der Waals surface area contributed by atoms with Crippen LogP contribution < -0.4 is 11.1 Å². The molecular weight excluding hydrogens is 346 g/mol. The molecule has 1 aromatic heterocycles. The molecule has 112 valence electrons. The second kappa shape index (κ2) is 4.45. The number of nitrogens with zero attached hydrogens (tertiary/aromatic N) is 3. The van der Waals surface area contributed by atoms with E-state index in [1.165, 1.54) is 0 Å². The minimum Gasteiger partial charge on any atom is -0.465 e. The standard InChI is InChI=1S/C11H12BrN5O4/c12-6-1-7-14-9(19)11(4-17(7)15-6)2-5(8(13)18)16(3-11)10(20)21/h1,5H,2-4H2,(H2,13,18)(H,14,19)(H,20,21)/t5-,11?/m0/s1. The fraction of sp³-hybridized carbons (Fsp3) is 0.455. The summed E-state index contributed by atoms with van der Waals surface area (Å²) in [5, 5.41) is 16.1. The van der Waals surface area contributed by atoms with Crippen molar-refractivity contribution in [3.05, 3.63) is 10.7 Å². The molecule has 0 aromatic carbocycles. The molecule has 21 heavy (non-hydrogen) atoms. The summed E-state index contributed by atoms with van der Waals surface area (Å²) in [6, 6.07) is 0.647. The highest BCUT2D eigenvalue weighted by Crippen LogP contribution is 2.41. The number of primary amides is 1.